The van der Waals surface area contributed by atoms with Gasteiger partial charge in [-0.3, -0.25) is 5.41 Å². The van der Waals surface area contributed by atoms with Crippen LogP contribution in [-0.2, 0) is 0 Å². The molecule has 20 heavy (non-hydrogen) atoms. The molecule has 0 saturated heterocycles. The van der Waals surface area contributed by atoms with Crippen molar-refractivity contribution in [3.8, 4) is 0 Å². The van der Waals surface area contributed by atoms with E-state index in [2.05, 4.69) is 38.1 Å². The Labute approximate surface area is 128 Å². The third kappa shape index (κ3) is 3.58. The van der Waals surface area contributed by atoms with Crippen molar-refractivity contribution in [1.29, 1.82) is 5.41 Å². The van der Waals surface area contributed by atoms with E-state index in [0.717, 1.165) is 21.1 Å². The Kier molecular flexibility index (Phi) is 5.15. The van der Waals surface area contributed by atoms with Gasteiger partial charge in [-0.1, -0.05) is 42.4 Å². The molecule has 0 fully saturated rings. The topological polar surface area (TPSA) is 49.9 Å². The number of nitrogen functional groups attached to an aromatic ring is 1. The van der Waals surface area contributed by atoms with Crippen LogP contribution in [0.25, 0.3) is 0 Å². The zero-order valence-electron chi connectivity index (χ0n) is 11.6. The van der Waals surface area contributed by atoms with Gasteiger partial charge in [-0.15, -0.1) is 11.8 Å². The fourth-order valence-electron chi connectivity index (χ4n) is 1.94. The fourth-order valence-corrected chi connectivity index (χ4v) is 3.97. The molecule has 0 saturated carbocycles. The molecule has 0 radical (unpaired) electrons. The fraction of sp³-hybridized carbons (Fsp3) is 0.188. The van der Waals surface area contributed by atoms with Crippen molar-refractivity contribution in [3.63, 3.8) is 0 Å². The van der Waals surface area contributed by atoms with Gasteiger partial charge in [0.15, 0.2) is 0 Å². The summed E-state index contributed by atoms with van der Waals surface area (Å²) in [6.07, 6.45) is 0. The second kappa shape index (κ2) is 6.86. The first kappa shape index (κ1) is 15.0. The second-order valence-electron chi connectivity index (χ2n) is 4.39. The zero-order chi connectivity index (χ0) is 14.5. The molecule has 0 aromatic heterocycles. The number of nitrogens with two attached hydrogens (primary N) is 1. The Morgan fingerprint density at radius 1 is 1.15 bits per heavy atom. The average molecular weight is 302 g/mol. The van der Waals surface area contributed by atoms with Crippen LogP contribution in [0.1, 0.15) is 18.1 Å². The van der Waals surface area contributed by atoms with E-state index in [1.165, 1.54) is 10.5 Å². The highest BCUT2D eigenvalue weighted by molar-refractivity contribution is 8.00. The highest BCUT2D eigenvalue weighted by atomic mass is 32.2. The lowest BCUT2D eigenvalue weighted by atomic mass is 10.2. The van der Waals surface area contributed by atoms with E-state index < -0.39 is 0 Å². The standard InChI is InChI=1S/C16H18N2S2/c1-3-19-13-8-5-9-14(15(13)16(17)18)20-12-7-4-6-11(2)10-12/h4-10H,3H2,1-2H3,(H3,17,18). The van der Waals surface area contributed by atoms with E-state index in [-0.39, 0.29) is 5.84 Å². The monoisotopic (exact) mass is 302 g/mol. The van der Waals surface area contributed by atoms with Gasteiger partial charge in [0.1, 0.15) is 5.84 Å². The Bertz CT molecular complexity index is 624. The summed E-state index contributed by atoms with van der Waals surface area (Å²) in [6, 6.07) is 14.5. The van der Waals surface area contributed by atoms with Crippen LogP contribution in [0.4, 0.5) is 0 Å². The van der Waals surface area contributed by atoms with E-state index in [0.29, 0.717) is 0 Å². The van der Waals surface area contributed by atoms with E-state index in [1.807, 2.05) is 18.2 Å². The lowest BCUT2D eigenvalue weighted by Gasteiger charge is -2.12. The Morgan fingerprint density at radius 2 is 1.85 bits per heavy atom. The first-order valence-corrected chi connectivity index (χ1v) is 8.26. The predicted octanol–water partition coefficient (Wildman–Crippen LogP) is 4.54. The van der Waals surface area contributed by atoms with Crippen LogP contribution >= 0.6 is 23.5 Å². The molecule has 2 nitrogen and oxygen atoms in total. The lowest BCUT2D eigenvalue weighted by Crippen LogP contribution is -2.13. The maximum Gasteiger partial charge on any atom is 0.125 e. The smallest absolute Gasteiger partial charge is 0.125 e. The molecule has 0 spiro atoms. The maximum atomic E-state index is 7.85. The molecule has 0 aliphatic heterocycles. The van der Waals surface area contributed by atoms with Crippen LogP contribution in [0.5, 0.6) is 0 Å². The molecule has 0 heterocycles. The predicted molar refractivity (Wildman–Crippen MR) is 89.2 cm³/mol. The molecule has 0 aliphatic rings. The van der Waals surface area contributed by atoms with Crippen molar-refractivity contribution >= 4 is 29.4 Å². The molecule has 2 rings (SSSR count). The molecular formula is C16H18N2S2. The highest BCUT2D eigenvalue weighted by Crippen LogP contribution is 2.35. The van der Waals surface area contributed by atoms with E-state index >= 15 is 0 Å². The van der Waals surface area contributed by atoms with Crippen molar-refractivity contribution in [2.24, 2.45) is 5.73 Å². The average Bonchev–Trinajstić information content (AvgIpc) is 2.39. The van der Waals surface area contributed by atoms with Gasteiger partial charge in [0.25, 0.3) is 0 Å². The molecule has 4 heteroatoms. The number of thioether (sulfide) groups is 1. The van der Waals surface area contributed by atoms with Crippen LogP contribution in [0, 0.1) is 12.3 Å². The Balaban J connectivity index is 2.40. The first-order chi connectivity index (χ1) is 9.61. The number of benzene rings is 2. The summed E-state index contributed by atoms with van der Waals surface area (Å²) in [5.74, 6) is 1.11. The van der Waals surface area contributed by atoms with E-state index in [9.17, 15) is 0 Å². The van der Waals surface area contributed by atoms with E-state index in [4.69, 9.17) is 11.1 Å². The molecule has 2 aromatic carbocycles. The van der Waals surface area contributed by atoms with Crippen molar-refractivity contribution in [3.05, 3.63) is 53.6 Å². The van der Waals surface area contributed by atoms with Gasteiger partial charge >= 0.3 is 0 Å². The van der Waals surface area contributed by atoms with Crippen LogP contribution in [-0.4, -0.2) is 11.6 Å². The number of hydrogen-bond donors (Lipinski definition) is 2. The highest BCUT2D eigenvalue weighted by Gasteiger charge is 2.12. The van der Waals surface area contributed by atoms with Gasteiger partial charge in [0, 0.05) is 20.2 Å². The van der Waals surface area contributed by atoms with Crippen LogP contribution in [0.2, 0.25) is 0 Å². The summed E-state index contributed by atoms with van der Waals surface area (Å²) < 4.78 is 0. The second-order valence-corrected chi connectivity index (χ2v) is 6.82. The summed E-state index contributed by atoms with van der Waals surface area (Å²) in [4.78, 5) is 3.30. The molecule has 0 bridgehead atoms. The number of rotatable bonds is 5. The van der Waals surface area contributed by atoms with E-state index in [1.54, 1.807) is 23.5 Å². The maximum absolute atomic E-state index is 7.85. The van der Waals surface area contributed by atoms with Gasteiger partial charge in [-0.25, -0.2) is 0 Å². The van der Waals surface area contributed by atoms with Crippen LogP contribution in [0.3, 0.4) is 0 Å². The van der Waals surface area contributed by atoms with Crippen molar-refractivity contribution < 1.29 is 0 Å². The number of hydrogen-bond acceptors (Lipinski definition) is 3. The van der Waals surface area contributed by atoms with Crippen molar-refractivity contribution in [2.45, 2.75) is 28.5 Å². The lowest BCUT2D eigenvalue weighted by molar-refractivity contribution is 1.24. The molecular weight excluding hydrogens is 284 g/mol. The summed E-state index contributed by atoms with van der Waals surface area (Å²) in [5, 5.41) is 7.85. The summed E-state index contributed by atoms with van der Waals surface area (Å²) in [5.41, 5.74) is 7.87. The SMILES string of the molecule is CCSc1cccc(Sc2cccc(C)c2)c1C(=N)N. The summed E-state index contributed by atoms with van der Waals surface area (Å²) in [7, 11) is 0. The number of nitrogens with one attached hydrogen (secondary N) is 1. The third-order valence-electron chi connectivity index (χ3n) is 2.77. The summed E-state index contributed by atoms with van der Waals surface area (Å²) in [6.45, 7) is 4.19. The summed E-state index contributed by atoms with van der Waals surface area (Å²) >= 11 is 3.39. The molecule has 104 valence electrons. The molecule has 0 atom stereocenters. The zero-order valence-corrected chi connectivity index (χ0v) is 13.3. The number of aryl methyl sites for hydroxylation is 1. The van der Waals surface area contributed by atoms with Crippen molar-refractivity contribution in [2.75, 3.05) is 5.75 Å². The minimum absolute atomic E-state index is 0.136. The minimum Gasteiger partial charge on any atom is -0.384 e. The minimum atomic E-state index is 0.136. The Hall–Kier alpha value is -1.39. The van der Waals surface area contributed by atoms with Gasteiger partial charge in [-0.2, -0.15) is 0 Å². The Morgan fingerprint density at radius 3 is 2.50 bits per heavy atom. The molecule has 0 unspecified atom stereocenters. The van der Waals surface area contributed by atoms with Gasteiger partial charge in [0.2, 0.25) is 0 Å². The number of amidine groups is 1. The normalized spacial score (nSPS) is 10.5. The van der Waals surface area contributed by atoms with Crippen molar-refractivity contribution in [1.82, 2.24) is 0 Å². The first-order valence-electron chi connectivity index (χ1n) is 6.46. The molecule has 3 N–H and O–H groups in total. The van der Waals surface area contributed by atoms with Gasteiger partial charge in [0.05, 0.1) is 0 Å². The van der Waals surface area contributed by atoms with Crippen LogP contribution in [0.15, 0.2) is 57.2 Å². The molecule has 0 amide bonds. The van der Waals surface area contributed by atoms with Crippen LogP contribution < -0.4 is 5.73 Å². The van der Waals surface area contributed by atoms with Gasteiger partial charge < -0.3 is 5.73 Å². The third-order valence-corrected chi connectivity index (χ3v) is 4.76. The molecule has 2 aromatic rings. The largest absolute Gasteiger partial charge is 0.384 e. The molecule has 0 aliphatic carbocycles. The van der Waals surface area contributed by atoms with Gasteiger partial charge in [-0.05, 0) is 36.9 Å². The quantitative estimate of drug-likeness (QED) is 0.484.